The van der Waals surface area contributed by atoms with E-state index in [-0.39, 0.29) is 0 Å². The van der Waals surface area contributed by atoms with Crippen LogP contribution in [0.4, 0.5) is 13.2 Å². The molecule has 0 saturated heterocycles. The molecule has 2 aromatic rings. The van der Waals surface area contributed by atoms with Crippen molar-refractivity contribution < 1.29 is 13.2 Å². The summed E-state index contributed by atoms with van der Waals surface area (Å²) < 4.78 is 38.2. The first-order valence-corrected chi connectivity index (χ1v) is 6.68. The van der Waals surface area contributed by atoms with Crippen LogP contribution in [0.3, 0.4) is 0 Å². The molecule has 0 radical (unpaired) electrons. The summed E-state index contributed by atoms with van der Waals surface area (Å²) in [5.41, 5.74) is -0.215. The van der Waals surface area contributed by atoms with E-state index in [0.29, 0.717) is 18.4 Å². The molecule has 0 saturated carbocycles. The minimum Gasteiger partial charge on any atom is -0.252 e. The van der Waals surface area contributed by atoms with Crippen molar-refractivity contribution >= 4 is 27.3 Å². The third-order valence-corrected chi connectivity index (χ3v) is 3.84. The van der Waals surface area contributed by atoms with Gasteiger partial charge in [0, 0.05) is 17.3 Å². The molecule has 0 unspecified atom stereocenters. The summed E-state index contributed by atoms with van der Waals surface area (Å²) in [6.45, 7) is 0. The van der Waals surface area contributed by atoms with Gasteiger partial charge < -0.3 is 0 Å². The van der Waals surface area contributed by atoms with Crippen LogP contribution < -0.4 is 0 Å². The van der Waals surface area contributed by atoms with E-state index in [1.54, 1.807) is 12.3 Å². The van der Waals surface area contributed by atoms with Crippen molar-refractivity contribution in [2.24, 2.45) is 0 Å². The maximum atomic E-state index is 12.5. The first-order chi connectivity index (χ1) is 8.45. The van der Waals surface area contributed by atoms with Gasteiger partial charge in [0.1, 0.15) is 5.69 Å². The lowest BCUT2D eigenvalue weighted by Crippen LogP contribution is -2.08. The number of hydrogen-bond donors (Lipinski definition) is 0. The maximum Gasteiger partial charge on any atom is 0.433 e. The Bertz CT molecular complexity index is 539. The number of aromatic nitrogens is 2. The molecule has 2 aromatic heterocycles. The molecule has 0 amide bonds. The van der Waals surface area contributed by atoms with Gasteiger partial charge >= 0.3 is 6.18 Å². The SMILES string of the molecule is FC(F)(F)c1cc(CCc2cnc(Br)s2)ccn1. The fourth-order valence-electron chi connectivity index (χ4n) is 1.45. The molecule has 2 nitrogen and oxygen atoms in total. The Morgan fingerprint density at radius 1 is 1.22 bits per heavy atom. The average Bonchev–Trinajstić information content (AvgIpc) is 2.72. The van der Waals surface area contributed by atoms with Crippen LogP contribution in [0.5, 0.6) is 0 Å². The molecule has 0 aliphatic rings. The highest BCUT2D eigenvalue weighted by atomic mass is 79.9. The maximum absolute atomic E-state index is 12.5. The zero-order valence-electron chi connectivity index (χ0n) is 9.04. The summed E-state index contributed by atoms with van der Waals surface area (Å²) in [5, 5.41) is 0. The van der Waals surface area contributed by atoms with Crippen molar-refractivity contribution in [2.75, 3.05) is 0 Å². The van der Waals surface area contributed by atoms with Crippen molar-refractivity contribution in [2.45, 2.75) is 19.0 Å². The Morgan fingerprint density at radius 2 is 2.00 bits per heavy atom. The molecule has 0 atom stereocenters. The molecular formula is C11H8BrF3N2S. The number of rotatable bonds is 3. The predicted octanol–water partition coefficient (Wildman–Crippen LogP) is 4.10. The Morgan fingerprint density at radius 3 is 2.61 bits per heavy atom. The number of pyridine rings is 1. The summed E-state index contributed by atoms with van der Waals surface area (Å²) in [6.07, 6.45) is -0.254. The average molecular weight is 337 g/mol. The highest BCUT2D eigenvalue weighted by molar-refractivity contribution is 9.11. The molecule has 18 heavy (non-hydrogen) atoms. The van der Waals surface area contributed by atoms with Crippen molar-refractivity contribution in [1.29, 1.82) is 0 Å². The number of thiazole rings is 1. The lowest BCUT2D eigenvalue weighted by atomic mass is 10.1. The van der Waals surface area contributed by atoms with E-state index < -0.39 is 11.9 Å². The van der Waals surface area contributed by atoms with Crippen LogP contribution in [0.1, 0.15) is 16.1 Å². The van der Waals surface area contributed by atoms with Crippen molar-refractivity contribution in [3.63, 3.8) is 0 Å². The summed E-state index contributed by atoms with van der Waals surface area (Å²) >= 11 is 4.73. The van der Waals surface area contributed by atoms with Gasteiger partial charge in [-0.2, -0.15) is 13.2 Å². The predicted molar refractivity (Wildman–Crippen MR) is 66.5 cm³/mol. The smallest absolute Gasteiger partial charge is 0.252 e. The van der Waals surface area contributed by atoms with Crippen LogP contribution in [0.25, 0.3) is 0 Å². The minimum absolute atomic E-state index is 0.542. The van der Waals surface area contributed by atoms with E-state index in [9.17, 15) is 13.2 Å². The van der Waals surface area contributed by atoms with Gasteiger partial charge in [-0.05, 0) is 46.5 Å². The largest absolute Gasteiger partial charge is 0.433 e. The monoisotopic (exact) mass is 336 g/mol. The van der Waals surface area contributed by atoms with Gasteiger partial charge in [0.25, 0.3) is 0 Å². The first-order valence-electron chi connectivity index (χ1n) is 5.07. The van der Waals surface area contributed by atoms with Crippen molar-refractivity contribution in [3.8, 4) is 0 Å². The molecule has 0 bridgehead atoms. The van der Waals surface area contributed by atoms with Crippen LogP contribution in [0.2, 0.25) is 0 Å². The van der Waals surface area contributed by atoms with Crippen molar-refractivity contribution in [3.05, 3.63) is 44.6 Å². The van der Waals surface area contributed by atoms with E-state index in [2.05, 4.69) is 25.9 Å². The summed E-state index contributed by atoms with van der Waals surface area (Å²) in [4.78, 5) is 8.39. The van der Waals surface area contributed by atoms with Gasteiger partial charge in [0.05, 0.1) is 0 Å². The second kappa shape index (κ2) is 5.36. The van der Waals surface area contributed by atoms with Crippen LogP contribution in [0, 0.1) is 0 Å². The third kappa shape index (κ3) is 3.52. The zero-order valence-corrected chi connectivity index (χ0v) is 11.4. The molecular weight excluding hydrogens is 329 g/mol. The molecule has 0 spiro atoms. The van der Waals surface area contributed by atoms with E-state index in [1.165, 1.54) is 17.5 Å². The molecule has 0 aliphatic carbocycles. The van der Waals surface area contributed by atoms with Crippen LogP contribution in [-0.4, -0.2) is 9.97 Å². The van der Waals surface area contributed by atoms with E-state index in [4.69, 9.17) is 0 Å². The fraction of sp³-hybridized carbons (Fsp3) is 0.273. The number of aryl methyl sites for hydroxylation is 2. The standard InChI is InChI=1S/C11H8BrF3N2S/c12-10-17-6-8(18-10)2-1-7-3-4-16-9(5-7)11(13,14)15/h3-6H,1-2H2. The van der Waals surface area contributed by atoms with E-state index in [1.807, 2.05) is 0 Å². The summed E-state index contributed by atoms with van der Waals surface area (Å²) in [6, 6.07) is 2.70. The van der Waals surface area contributed by atoms with Crippen LogP contribution in [0.15, 0.2) is 28.4 Å². The molecule has 0 fully saturated rings. The summed E-state index contributed by atoms with van der Waals surface area (Å²) in [7, 11) is 0. The quantitative estimate of drug-likeness (QED) is 0.843. The Balaban J connectivity index is 2.06. The number of hydrogen-bond acceptors (Lipinski definition) is 3. The number of alkyl halides is 3. The van der Waals surface area contributed by atoms with Crippen LogP contribution in [-0.2, 0) is 19.0 Å². The highest BCUT2D eigenvalue weighted by Gasteiger charge is 2.32. The minimum atomic E-state index is -4.39. The molecule has 96 valence electrons. The zero-order chi connectivity index (χ0) is 13.2. The number of halogens is 4. The van der Waals surface area contributed by atoms with Gasteiger partial charge in [0.2, 0.25) is 0 Å². The van der Waals surface area contributed by atoms with Gasteiger partial charge in [-0.3, -0.25) is 4.98 Å². The molecule has 0 N–H and O–H groups in total. The van der Waals surface area contributed by atoms with Gasteiger partial charge in [-0.15, -0.1) is 11.3 Å². The molecule has 0 aromatic carbocycles. The molecule has 0 aliphatic heterocycles. The number of nitrogens with zero attached hydrogens (tertiary/aromatic N) is 2. The topological polar surface area (TPSA) is 25.8 Å². The second-order valence-corrected chi connectivity index (χ2v) is 6.02. The Hall–Kier alpha value is -0.950. The third-order valence-electron chi connectivity index (χ3n) is 2.30. The molecule has 2 rings (SSSR count). The summed E-state index contributed by atoms with van der Waals surface area (Å²) in [5.74, 6) is 0. The van der Waals surface area contributed by atoms with Crippen LogP contribution >= 0.6 is 27.3 Å². The normalized spacial score (nSPS) is 11.8. The van der Waals surface area contributed by atoms with Gasteiger partial charge in [-0.25, -0.2) is 4.98 Å². The second-order valence-electron chi connectivity index (χ2n) is 3.63. The lowest BCUT2D eigenvalue weighted by molar-refractivity contribution is -0.141. The van der Waals surface area contributed by atoms with Crippen molar-refractivity contribution in [1.82, 2.24) is 9.97 Å². The lowest BCUT2D eigenvalue weighted by Gasteiger charge is -2.07. The van der Waals surface area contributed by atoms with E-state index >= 15 is 0 Å². The van der Waals surface area contributed by atoms with Gasteiger partial charge in [0.15, 0.2) is 3.92 Å². The first kappa shape index (κ1) is 13.5. The van der Waals surface area contributed by atoms with Gasteiger partial charge in [-0.1, -0.05) is 0 Å². The molecule has 7 heteroatoms. The fourth-order valence-corrected chi connectivity index (χ4v) is 2.81. The molecule has 2 heterocycles. The Kier molecular flexibility index (Phi) is 4.01. The Labute approximate surface area is 114 Å². The van der Waals surface area contributed by atoms with E-state index in [0.717, 1.165) is 14.9 Å². The highest BCUT2D eigenvalue weighted by Crippen LogP contribution is 2.28.